The molecule has 0 bridgehead atoms. The number of nitrogens with zero attached hydrogens (tertiary/aromatic N) is 2. The number of piperidine rings is 1. The summed E-state index contributed by atoms with van der Waals surface area (Å²) in [6.07, 6.45) is 3.44. The highest BCUT2D eigenvalue weighted by molar-refractivity contribution is 7.22. The van der Waals surface area contributed by atoms with E-state index in [0.717, 1.165) is 36.3 Å². The molecule has 0 aliphatic carbocycles. The van der Waals surface area contributed by atoms with Crippen LogP contribution in [0.2, 0.25) is 0 Å². The number of likely N-dealkylation sites (tertiary alicyclic amines) is 1. The first-order chi connectivity index (χ1) is 13.8. The Bertz CT molecular complexity index is 870. The minimum absolute atomic E-state index is 0.166. The number of aromatic nitrogens is 1. The second-order valence-corrected chi connectivity index (χ2v) is 8.39. The molecule has 0 radical (unpaired) electrons. The molecule has 2 amide bonds. The van der Waals surface area contributed by atoms with E-state index < -0.39 is 0 Å². The van der Waals surface area contributed by atoms with Crippen molar-refractivity contribution in [3.8, 4) is 0 Å². The molecule has 146 valence electrons. The molecule has 0 unspecified atom stereocenters. The Labute approximate surface area is 169 Å². The number of hydrogen-bond acceptors (Lipinski definition) is 4. The molecule has 5 nitrogen and oxygen atoms in total. The van der Waals surface area contributed by atoms with Crippen LogP contribution in [0.5, 0.6) is 0 Å². The van der Waals surface area contributed by atoms with Crippen molar-refractivity contribution in [1.29, 1.82) is 0 Å². The van der Waals surface area contributed by atoms with E-state index in [0.29, 0.717) is 17.6 Å². The SMILES string of the molecule is O=C(NCCC1CCN(Cc2ccccc2)CC1)Nc1nc2ccccc2s1. The average Bonchev–Trinajstić information content (AvgIpc) is 3.12. The van der Waals surface area contributed by atoms with Crippen molar-refractivity contribution >= 4 is 32.7 Å². The highest BCUT2D eigenvalue weighted by atomic mass is 32.1. The number of para-hydroxylation sites is 1. The molecule has 2 aromatic carbocycles. The quantitative estimate of drug-likeness (QED) is 0.636. The molecule has 3 aromatic rings. The number of rotatable bonds is 6. The normalized spacial score (nSPS) is 15.6. The van der Waals surface area contributed by atoms with E-state index in [2.05, 4.69) is 50.8 Å². The summed E-state index contributed by atoms with van der Waals surface area (Å²) in [6, 6.07) is 18.4. The highest BCUT2D eigenvalue weighted by Crippen LogP contribution is 2.25. The van der Waals surface area contributed by atoms with Crippen LogP contribution in [0.25, 0.3) is 10.2 Å². The summed E-state index contributed by atoms with van der Waals surface area (Å²) < 4.78 is 1.08. The molecular weight excluding hydrogens is 368 g/mol. The van der Waals surface area contributed by atoms with E-state index in [1.165, 1.54) is 29.7 Å². The fourth-order valence-electron chi connectivity index (χ4n) is 3.73. The van der Waals surface area contributed by atoms with Crippen molar-refractivity contribution < 1.29 is 4.79 Å². The molecule has 1 aromatic heterocycles. The minimum Gasteiger partial charge on any atom is -0.338 e. The third kappa shape index (κ3) is 5.09. The summed E-state index contributed by atoms with van der Waals surface area (Å²) in [4.78, 5) is 19.1. The molecule has 1 saturated heterocycles. The van der Waals surface area contributed by atoms with Crippen molar-refractivity contribution in [2.75, 3.05) is 25.0 Å². The lowest BCUT2D eigenvalue weighted by Crippen LogP contribution is -2.35. The van der Waals surface area contributed by atoms with E-state index in [4.69, 9.17) is 0 Å². The van der Waals surface area contributed by atoms with Gasteiger partial charge in [0.25, 0.3) is 0 Å². The van der Waals surface area contributed by atoms with Gasteiger partial charge in [-0.3, -0.25) is 10.2 Å². The van der Waals surface area contributed by atoms with Crippen LogP contribution in [0, 0.1) is 5.92 Å². The van der Waals surface area contributed by atoms with Crippen LogP contribution in [0.1, 0.15) is 24.8 Å². The third-order valence-corrected chi connectivity index (χ3v) is 6.26. The molecule has 1 aliphatic heterocycles. The Kier molecular flexibility index (Phi) is 6.19. The topological polar surface area (TPSA) is 57.3 Å². The largest absolute Gasteiger partial charge is 0.338 e. The summed E-state index contributed by atoms with van der Waals surface area (Å²) in [5, 5.41) is 6.48. The number of anilines is 1. The molecule has 6 heteroatoms. The first kappa shape index (κ1) is 18.9. The van der Waals surface area contributed by atoms with Crippen LogP contribution in [0.3, 0.4) is 0 Å². The molecule has 2 heterocycles. The van der Waals surface area contributed by atoms with Gasteiger partial charge in [0.05, 0.1) is 10.2 Å². The number of nitrogens with one attached hydrogen (secondary N) is 2. The summed E-state index contributed by atoms with van der Waals surface area (Å²) in [5.41, 5.74) is 2.30. The predicted molar refractivity (Wildman–Crippen MR) is 116 cm³/mol. The van der Waals surface area contributed by atoms with Crippen molar-refractivity contribution in [3.63, 3.8) is 0 Å². The average molecular weight is 395 g/mol. The second kappa shape index (κ2) is 9.17. The molecule has 0 spiro atoms. The number of thiazole rings is 1. The second-order valence-electron chi connectivity index (χ2n) is 7.36. The van der Waals surface area contributed by atoms with Gasteiger partial charge in [-0.1, -0.05) is 53.8 Å². The van der Waals surface area contributed by atoms with Gasteiger partial charge >= 0.3 is 6.03 Å². The minimum atomic E-state index is -0.166. The maximum atomic E-state index is 12.1. The Balaban J connectivity index is 1.15. The number of carbonyl (C=O) groups excluding carboxylic acids is 1. The van der Waals surface area contributed by atoms with Crippen LogP contribution in [-0.2, 0) is 6.54 Å². The molecule has 0 saturated carbocycles. The number of fused-ring (bicyclic) bond motifs is 1. The lowest BCUT2D eigenvalue weighted by Gasteiger charge is -2.32. The van der Waals surface area contributed by atoms with E-state index in [9.17, 15) is 4.79 Å². The Hall–Kier alpha value is -2.44. The van der Waals surface area contributed by atoms with Gasteiger partial charge < -0.3 is 5.32 Å². The fourth-order valence-corrected chi connectivity index (χ4v) is 4.59. The predicted octanol–water partition coefficient (Wildman–Crippen LogP) is 4.72. The Morgan fingerprint density at radius 1 is 1.07 bits per heavy atom. The maximum absolute atomic E-state index is 12.1. The van der Waals surface area contributed by atoms with Gasteiger partial charge in [0.1, 0.15) is 0 Å². The van der Waals surface area contributed by atoms with Crippen molar-refractivity contribution in [2.24, 2.45) is 5.92 Å². The standard InChI is InChI=1S/C22H26N4OS/c27-21(25-22-24-19-8-4-5-9-20(19)28-22)23-13-10-17-11-14-26(15-12-17)16-18-6-2-1-3-7-18/h1-9,17H,10-16H2,(H2,23,24,25,27). The van der Waals surface area contributed by atoms with Crippen LogP contribution in [-0.4, -0.2) is 35.5 Å². The molecule has 1 fully saturated rings. The summed E-state index contributed by atoms with van der Waals surface area (Å²) >= 11 is 1.50. The molecule has 0 atom stereocenters. The number of hydrogen-bond donors (Lipinski definition) is 2. The van der Waals surface area contributed by atoms with Gasteiger partial charge in [-0.15, -0.1) is 0 Å². The number of benzene rings is 2. The van der Waals surface area contributed by atoms with E-state index in [-0.39, 0.29) is 6.03 Å². The maximum Gasteiger partial charge on any atom is 0.321 e. The summed E-state index contributed by atoms with van der Waals surface area (Å²) in [5.74, 6) is 0.690. The van der Waals surface area contributed by atoms with Gasteiger partial charge in [-0.25, -0.2) is 9.78 Å². The van der Waals surface area contributed by atoms with Gasteiger partial charge in [0, 0.05) is 13.1 Å². The smallest absolute Gasteiger partial charge is 0.321 e. The first-order valence-electron chi connectivity index (χ1n) is 9.93. The van der Waals surface area contributed by atoms with Gasteiger partial charge in [-0.05, 0) is 56.0 Å². The highest BCUT2D eigenvalue weighted by Gasteiger charge is 2.19. The van der Waals surface area contributed by atoms with Gasteiger partial charge in [0.2, 0.25) is 0 Å². The molecule has 4 rings (SSSR count). The van der Waals surface area contributed by atoms with E-state index in [1.54, 1.807) is 0 Å². The van der Waals surface area contributed by atoms with Gasteiger partial charge in [0.15, 0.2) is 5.13 Å². The summed E-state index contributed by atoms with van der Waals surface area (Å²) in [7, 11) is 0. The summed E-state index contributed by atoms with van der Waals surface area (Å²) in [6.45, 7) is 4.02. The molecule has 28 heavy (non-hydrogen) atoms. The van der Waals surface area contributed by atoms with E-state index >= 15 is 0 Å². The van der Waals surface area contributed by atoms with Crippen molar-refractivity contribution in [2.45, 2.75) is 25.8 Å². The zero-order valence-electron chi connectivity index (χ0n) is 15.9. The number of urea groups is 1. The number of amides is 2. The monoisotopic (exact) mass is 394 g/mol. The molecule has 1 aliphatic rings. The Morgan fingerprint density at radius 2 is 1.82 bits per heavy atom. The first-order valence-corrected chi connectivity index (χ1v) is 10.7. The van der Waals surface area contributed by atoms with Crippen LogP contribution < -0.4 is 10.6 Å². The zero-order valence-corrected chi connectivity index (χ0v) is 16.8. The van der Waals surface area contributed by atoms with Gasteiger partial charge in [-0.2, -0.15) is 0 Å². The number of carbonyl (C=O) groups is 1. The van der Waals surface area contributed by atoms with E-state index in [1.807, 2.05) is 24.3 Å². The fraction of sp³-hybridized carbons (Fsp3) is 0.364. The molecular formula is C22H26N4OS. The third-order valence-electron chi connectivity index (χ3n) is 5.31. The van der Waals surface area contributed by atoms with Crippen LogP contribution in [0.15, 0.2) is 54.6 Å². The van der Waals surface area contributed by atoms with Crippen LogP contribution >= 0.6 is 11.3 Å². The van der Waals surface area contributed by atoms with Crippen molar-refractivity contribution in [3.05, 3.63) is 60.2 Å². The van der Waals surface area contributed by atoms with Crippen molar-refractivity contribution in [1.82, 2.24) is 15.2 Å². The van der Waals surface area contributed by atoms with Crippen LogP contribution in [0.4, 0.5) is 9.93 Å². The lowest BCUT2D eigenvalue weighted by atomic mass is 9.93. The zero-order chi connectivity index (χ0) is 19.2. The lowest BCUT2D eigenvalue weighted by molar-refractivity contribution is 0.172. The Morgan fingerprint density at radius 3 is 2.61 bits per heavy atom. The molecule has 2 N–H and O–H groups in total.